The van der Waals surface area contributed by atoms with E-state index >= 15 is 0 Å². The van der Waals surface area contributed by atoms with E-state index in [9.17, 15) is 18.3 Å². The van der Waals surface area contributed by atoms with E-state index in [-0.39, 0.29) is 23.9 Å². The number of aliphatic hydroxyl groups excluding tert-OH is 1. The molecule has 1 atom stereocenters. The molecule has 2 heterocycles. The van der Waals surface area contributed by atoms with Crippen molar-refractivity contribution in [3.8, 4) is 0 Å². The van der Waals surface area contributed by atoms with Crippen LogP contribution in [0.4, 0.5) is 19.0 Å². The first kappa shape index (κ1) is 13.1. The maximum atomic E-state index is 12.7. The lowest BCUT2D eigenvalue weighted by molar-refractivity contribution is -0.144. The number of anilines is 1. The zero-order valence-electron chi connectivity index (χ0n) is 10.3. The van der Waals surface area contributed by atoms with Gasteiger partial charge in [-0.15, -0.1) is 0 Å². The highest BCUT2D eigenvalue weighted by molar-refractivity contribution is 5.82. The molecule has 0 aromatic carbocycles. The van der Waals surface area contributed by atoms with Crippen LogP contribution in [0.25, 0.3) is 11.2 Å². The van der Waals surface area contributed by atoms with Gasteiger partial charge in [-0.3, -0.25) is 0 Å². The van der Waals surface area contributed by atoms with Crippen molar-refractivity contribution in [1.82, 2.24) is 19.9 Å². The van der Waals surface area contributed by atoms with E-state index < -0.39 is 18.1 Å². The number of nitrogens with zero attached hydrogens (tertiary/aromatic N) is 3. The lowest BCUT2D eigenvalue weighted by Gasteiger charge is -2.13. The Kier molecular flexibility index (Phi) is 3.00. The molecule has 2 aromatic heterocycles. The van der Waals surface area contributed by atoms with Gasteiger partial charge >= 0.3 is 6.18 Å². The van der Waals surface area contributed by atoms with Crippen LogP contribution in [0.2, 0.25) is 0 Å². The minimum Gasteiger partial charge on any atom is -0.391 e. The molecule has 108 valence electrons. The molecule has 6 nitrogen and oxygen atoms in total. The average molecular weight is 287 g/mol. The molecular formula is C11H12F3N5O. The maximum Gasteiger partial charge on any atom is 0.451 e. The number of halogens is 3. The molecule has 0 bridgehead atoms. The van der Waals surface area contributed by atoms with E-state index in [4.69, 9.17) is 0 Å². The SMILES string of the molecule is OC(CNc1nc(C(F)(F)F)nc2nc[nH]c12)C1CC1. The zero-order valence-corrected chi connectivity index (χ0v) is 10.3. The molecule has 9 heteroatoms. The lowest BCUT2D eigenvalue weighted by atomic mass is 10.2. The number of imidazole rings is 1. The zero-order chi connectivity index (χ0) is 14.3. The maximum absolute atomic E-state index is 12.7. The largest absolute Gasteiger partial charge is 0.451 e. The third-order valence-electron chi connectivity index (χ3n) is 3.18. The Labute approximate surface area is 111 Å². The normalized spacial score (nSPS) is 17.4. The second kappa shape index (κ2) is 4.58. The third kappa shape index (κ3) is 2.53. The van der Waals surface area contributed by atoms with Gasteiger partial charge in [0.05, 0.1) is 12.4 Å². The summed E-state index contributed by atoms with van der Waals surface area (Å²) in [5.74, 6) is -1.02. The molecule has 3 N–H and O–H groups in total. The van der Waals surface area contributed by atoms with E-state index in [1.165, 1.54) is 6.33 Å². The topological polar surface area (TPSA) is 86.7 Å². The van der Waals surface area contributed by atoms with E-state index in [2.05, 4.69) is 25.3 Å². The first-order valence-corrected chi connectivity index (χ1v) is 6.15. The van der Waals surface area contributed by atoms with Gasteiger partial charge in [0.2, 0.25) is 5.82 Å². The summed E-state index contributed by atoms with van der Waals surface area (Å²) in [5, 5.41) is 12.5. The van der Waals surface area contributed by atoms with E-state index in [1.54, 1.807) is 0 Å². The quantitative estimate of drug-likeness (QED) is 0.794. The summed E-state index contributed by atoms with van der Waals surface area (Å²) in [5.41, 5.74) is 0.233. The van der Waals surface area contributed by atoms with Crippen LogP contribution in [0.3, 0.4) is 0 Å². The van der Waals surface area contributed by atoms with Gasteiger partial charge in [-0.1, -0.05) is 0 Å². The number of hydrogen-bond donors (Lipinski definition) is 3. The van der Waals surface area contributed by atoms with Gasteiger partial charge in [0, 0.05) is 6.54 Å². The van der Waals surface area contributed by atoms with E-state index in [0.717, 1.165) is 12.8 Å². The number of fused-ring (bicyclic) bond motifs is 1. The van der Waals surface area contributed by atoms with Gasteiger partial charge in [-0.05, 0) is 18.8 Å². The van der Waals surface area contributed by atoms with Crippen molar-refractivity contribution in [3.05, 3.63) is 12.2 Å². The Balaban J connectivity index is 1.89. The second-order valence-corrected chi connectivity index (χ2v) is 4.78. The number of alkyl halides is 3. The fourth-order valence-electron chi connectivity index (χ4n) is 1.94. The summed E-state index contributed by atoms with van der Waals surface area (Å²) in [7, 11) is 0. The van der Waals surface area contributed by atoms with Gasteiger partial charge in [0.1, 0.15) is 5.52 Å². The highest BCUT2D eigenvalue weighted by Gasteiger charge is 2.36. The summed E-state index contributed by atoms with van der Waals surface area (Å²) in [4.78, 5) is 13.2. The molecule has 0 aliphatic heterocycles. The lowest BCUT2D eigenvalue weighted by Crippen LogP contribution is -2.23. The predicted molar refractivity (Wildman–Crippen MR) is 63.9 cm³/mol. The molecule has 1 fully saturated rings. The molecule has 0 saturated heterocycles. The number of nitrogens with one attached hydrogen (secondary N) is 2. The Morgan fingerprint density at radius 2 is 2.15 bits per heavy atom. The number of H-pyrrole nitrogens is 1. The van der Waals surface area contributed by atoms with Crippen LogP contribution in [0.1, 0.15) is 18.7 Å². The van der Waals surface area contributed by atoms with Crippen molar-refractivity contribution in [2.75, 3.05) is 11.9 Å². The Morgan fingerprint density at radius 3 is 2.80 bits per heavy atom. The van der Waals surface area contributed by atoms with E-state index in [1.807, 2.05) is 0 Å². The van der Waals surface area contributed by atoms with E-state index in [0.29, 0.717) is 5.52 Å². The van der Waals surface area contributed by atoms with Crippen LogP contribution in [0, 0.1) is 5.92 Å². The molecular weight excluding hydrogens is 275 g/mol. The van der Waals surface area contributed by atoms with Gasteiger partial charge in [-0.2, -0.15) is 13.2 Å². The molecule has 0 amide bonds. The molecule has 1 unspecified atom stereocenters. The van der Waals surface area contributed by atoms with Crippen molar-refractivity contribution in [1.29, 1.82) is 0 Å². The fourth-order valence-corrected chi connectivity index (χ4v) is 1.94. The molecule has 1 saturated carbocycles. The summed E-state index contributed by atoms with van der Waals surface area (Å²) >= 11 is 0. The third-order valence-corrected chi connectivity index (χ3v) is 3.18. The van der Waals surface area contributed by atoms with Gasteiger partial charge in [0.25, 0.3) is 0 Å². The van der Waals surface area contributed by atoms with Crippen molar-refractivity contribution in [3.63, 3.8) is 0 Å². The Morgan fingerprint density at radius 1 is 1.40 bits per heavy atom. The Bertz CT molecular complexity index is 622. The van der Waals surface area contributed by atoms with Gasteiger partial charge < -0.3 is 15.4 Å². The van der Waals surface area contributed by atoms with Crippen LogP contribution < -0.4 is 5.32 Å². The van der Waals surface area contributed by atoms with Crippen molar-refractivity contribution in [2.45, 2.75) is 25.1 Å². The standard InChI is InChI=1S/C11H12F3N5O/c12-11(13,14)10-18-8(7-9(19-10)17-4-16-7)15-3-6(20)5-1-2-5/h4-6,20H,1-3H2,(H2,15,16,17,18,19). The predicted octanol–water partition coefficient (Wildman–Crippen LogP) is 1.55. The van der Waals surface area contributed by atoms with Crippen molar-refractivity contribution < 1.29 is 18.3 Å². The van der Waals surface area contributed by atoms with Crippen LogP contribution in [-0.2, 0) is 6.18 Å². The molecule has 1 aliphatic rings. The first-order chi connectivity index (χ1) is 9.45. The van der Waals surface area contributed by atoms with Crippen LogP contribution in [-0.4, -0.2) is 37.7 Å². The van der Waals surface area contributed by atoms with Crippen molar-refractivity contribution >= 4 is 17.0 Å². The van der Waals surface area contributed by atoms with Crippen LogP contribution in [0.5, 0.6) is 0 Å². The smallest absolute Gasteiger partial charge is 0.391 e. The summed E-state index contributed by atoms with van der Waals surface area (Å²) in [6.45, 7) is 0.146. The minimum absolute atomic E-state index is 0.000440. The number of rotatable bonds is 4. The van der Waals surface area contributed by atoms with Crippen molar-refractivity contribution in [2.24, 2.45) is 5.92 Å². The molecule has 2 aromatic rings. The van der Waals surface area contributed by atoms with Crippen LogP contribution in [0.15, 0.2) is 6.33 Å². The number of aromatic nitrogens is 4. The molecule has 3 rings (SSSR count). The molecule has 0 radical (unpaired) electrons. The summed E-state index contributed by atoms with van der Waals surface area (Å²) in [6, 6.07) is 0. The minimum atomic E-state index is -4.64. The molecule has 0 spiro atoms. The number of aliphatic hydroxyl groups is 1. The average Bonchev–Trinajstić information content (AvgIpc) is 3.12. The Hall–Kier alpha value is -1.90. The first-order valence-electron chi connectivity index (χ1n) is 6.15. The monoisotopic (exact) mass is 287 g/mol. The van der Waals surface area contributed by atoms with Gasteiger partial charge in [0.15, 0.2) is 11.5 Å². The highest BCUT2D eigenvalue weighted by atomic mass is 19.4. The second-order valence-electron chi connectivity index (χ2n) is 4.78. The molecule has 1 aliphatic carbocycles. The number of aromatic amines is 1. The van der Waals surface area contributed by atoms with Crippen LogP contribution >= 0.6 is 0 Å². The summed E-state index contributed by atoms with van der Waals surface area (Å²) in [6.07, 6.45) is -2.09. The van der Waals surface area contributed by atoms with Gasteiger partial charge in [-0.25, -0.2) is 15.0 Å². The highest BCUT2D eigenvalue weighted by Crippen LogP contribution is 2.33. The molecule has 20 heavy (non-hydrogen) atoms. The summed E-state index contributed by atoms with van der Waals surface area (Å²) < 4.78 is 38.1. The number of hydrogen-bond acceptors (Lipinski definition) is 5. The fraction of sp³-hybridized carbons (Fsp3) is 0.545.